The van der Waals surface area contributed by atoms with Crippen molar-refractivity contribution in [3.8, 4) is 0 Å². The van der Waals surface area contributed by atoms with Gasteiger partial charge in [-0.25, -0.2) is 0 Å². The third-order valence-corrected chi connectivity index (χ3v) is 6.17. The van der Waals surface area contributed by atoms with Gasteiger partial charge >= 0.3 is 0 Å². The number of nitrogens with zero attached hydrogens (tertiary/aromatic N) is 2. The van der Waals surface area contributed by atoms with E-state index >= 15 is 0 Å². The molecule has 0 aliphatic rings. The average Bonchev–Trinajstić information content (AvgIpc) is 2.52. The van der Waals surface area contributed by atoms with Crippen molar-refractivity contribution in [2.45, 2.75) is 90.9 Å². The van der Waals surface area contributed by atoms with E-state index < -0.39 is 0 Å². The average molecular weight is 362 g/mol. The second-order valence-corrected chi connectivity index (χ2v) is 10.8. The van der Waals surface area contributed by atoms with Crippen molar-refractivity contribution in [1.82, 2.24) is 9.97 Å². The summed E-state index contributed by atoms with van der Waals surface area (Å²) in [6.45, 7) is 22.1. The predicted molar refractivity (Wildman–Crippen MR) is 117 cm³/mol. The Morgan fingerprint density at radius 3 is 1.59 bits per heavy atom. The molecule has 0 fully saturated rings. The van der Waals surface area contributed by atoms with E-state index in [1.165, 1.54) is 5.56 Å². The zero-order valence-electron chi connectivity index (χ0n) is 18.9. The number of pyridine rings is 2. The minimum absolute atomic E-state index is 0.0549. The van der Waals surface area contributed by atoms with E-state index in [0.717, 1.165) is 22.4 Å². The minimum atomic E-state index is -0.157. The van der Waals surface area contributed by atoms with Gasteiger partial charge in [-0.15, -0.1) is 0 Å². The van der Waals surface area contributed by atoms with Crippen LogP contribution < -0.4 is 5.46 Å². The molecule has 2 aromatic rings. The highest BCUT2D eigenvalue weighted by Crippen LogP contribution is 2.43. The monoisotopic (exact) mass is 362 g/mol. The summed E-state index contributed by atoms with van der Waals surface area (Å²) in [5.41, 5.74) is 4.91. The first kappa shape index (κ1) is 21.7. The van der Waals surface area contributed by atoms with Gasteiger partial charge in [0.25, 0.3) is 0 Å². The lowest BCUT2D eigenvalue weighted by atomic mass is 9.61. The topological polar surface area (TPSA) is 25.8 Å². The Balaban J connectivity index is 2.46. The molecule has 0 aromatic carbocycles. The van der Waals surface area contributed by atoms with E-state index in [-0.39, 0.29) is 21.7 Å². The second kappa shape index (κ2) is 6.76. The molecular weight excluding hydrogens is 327 g/mol. The number of hydrogen-bond acceptors (Lipinski definition) is 2. The van der Waals surface area contributed by atoms with Crippen LogP contribution in [-0.4, -0.2) is 17.8 Å². The highest BCUT2D eigenvalue weighted by Gasteiger charge is 2.40. The van der Waals surface area contributed by atoms with E-state index in [9.17, 15) is 0 Å². The van der Waals surface area contributed by atoms with E-state index in [1.54, 1.807) is 0 Å². The van der Waals surface area contributed by atoms with Gasteiger partial charge in [0, 0.05) is 45.4 Å². The first-order chi connectivity index (χ1) is 12.1. The molecule has 0 unspecified atom stereocenters. The molecule has 3 heteroatoms. The molecule has 0 aliphatic heterocycles. The van der Waals surface area contributed by atoms with Crippen LogP contribution in [0.15, 0.2) is 30.6 Å². The maximum atomic E-state index is 6.38. The van der Waals surface area contributed by atoms with E-state index in [1.807, 2.05) is 12.4 Å². The van der Waals surface area contributed by atoms with Crippen molar-refractivity contribution in [1.29, 1.82) is 0 Å². The smallest absolute Gasteiger partial charge is 0.116 e. The Morgan fingerprint density at radius 2 is 1.19 bits per heavy atom. The Labute approximate surface area is 167 Å². The molecule has 2 heterocycles. The molecule has 0 saturated carbocycles. The fraction of sp³-hybridized carbons (Fsp3) is 0.583. The summed E-state index contributed by atoms with van der Waals surface area (Å²) in [5.74, 6) is 0. The highest BCUT2D eigenvalue weighted by molar-refractivity contribution is 6.33. The van der Waals surface area contributed by atoms with Gasteiger partial charge in [-0.3, -0.25) is 9.97 Å². The van der Waals surface area contributed by atoms with Crippen LogP contribution in [0, 0.1) is 0 Å². The largest absolute Gasteiger partial charge is 0.261 e. The van der Waals surface area contributed by atoms with Crippen LogP contribution in [0.4, 0.5) is 0 Å². The summed E-state index contributed by atoms with van der Waals surface area (Å²) in [4.78, 5) is 9.48. The summed E-state index contributed by atoms with van der Waals surface area (Å²) in [6.07, 6.45) is 4.03. The van der Waals surface area contributed by atoms with Gasteiger partial charge < -0.3 is 0 Å². The first-order valence-corrected chi connectivity index (χ1v) is 9.82. The zero-order chi connectivity index (χ0) is 20.8. The van der Waals surface area contributed by atoms with Gasteiger partial charge in [-0.1, -0.05) is 86.8 Å². The van der Waals surface area contributed by atoms with E-state index in [4.69, 9.17) is 17.8 Å². The lowest BCUT2D eigenvalue weighted by molar-refractivity contribution is 0.301. The van der Waals surface area contributed by atoms with Gasteiger partial charge in [0.05, 0.1) is 0 Å². The molecule has 2 rings (SSSR count). The van der Waals surface area contributed by atoms with E-state index in [0.29, 0.717) is 0 Å². The molecule has 0 aliphatic carbocycles. The third-order valence-electron chi connectivity index (χ3n) is 6.17. The van der Waals surface area contributed by atoms with Crippen LogP contribution in [0.2, 0.25) is 0 Å². The van der Waals surface area contributed by atoms with Crippen LogP contribution in [-0.2, 0) is 21.7 Å². The first-order valence-electron chi connectivity index (χ1n) is 9.82. The molecule has 144 valence electrons. The quantitative estimate of drug-likeness (QED) is 0.708. The number of aromatic nitrogens is 2. The SMILES string of the molecule is [B]c1cc(C(C)(C)C(C)(C)c2ccc(C(C)(C)C)nc2)cnc1C(C)(C)C. The Kier molecular flexibility index (Phi) is 5.42. The molecule has 0 spiro atoms. The van der Waals surface area contributed by atoms with Crippen molar-refractivity contribution >= 4 is 13.3 Å². The van der Waals surface area contributed by atoms with Crippen molar-refractivity contribution in [2.75, 3.05) is 0 Å². The van der Waals surface area contributed by atoms with Crippen LogP contribution in [0.1, 0.15) is 91.8 Å². The normalized spacial score (nSPS) is 13.7. The fourth-order valence-corrected chi connectivity index (χ4v) is 3.38. The maximum absolute atomic E-state index is 6.38. The lowest BCUT2D eigenvalue weighted by Gasteiger charge is -2.43. The summed E-state index contributed by atoms with van der Waals surface area (Å²) in [6, 6.07) is 6.48. The minimum Gasteiger partial charge on any atom is -0.261 e. The van der Waals surface area contributed by atoms with Crippen LogP contribution in [0.3, 0.4) is 0 Å². The fourth-order valence-electron chi connectivity index (χ4n) is 3.38. The van der Waals surface area contributed by atoms with Crippen LogP contribution >= 0.6 is 0 Å². The molecule has 2 aromatic heterocycles. The van der Waals surface area contributed by atoms with E-state index in [2.05, 4.69) is 87.4 Å². The number of rotatable bonds is 3. The van der Waals surface area contributed by atoms with Gasteiger partial charge in [0.15, 0.2) is 0 Å². The lowest BCUT2D eigenvalue weighted by Crippen LogP contribution is -2.41. The zero-order valence-corrected chi connectivity index (χ0v) is 18.9. The van der Waals surface area contributed by atoms with Crippen molar-refractivity contribution in [3.05, 3.63) is 53.1 Å². The summed E-state index contributed by atoms with van der Waals surface area (Å²) >= 11 is 0. The molecule has 0 amide bonds. The van der Waals surface area contributed by atoms with Crippen molar-refractivity contribution in [3.63, 3.8) is 0 Å². The molecular formula is C24H35BN2. The maximum Gasteiger partial charge on any atom is 0.116 e. The van der Waals surface area contributed by atoms with Gasteiger partial charge in [-0.2, -0.15) is 0 Å². The Bertz CT molecular complexity index is 804. The van der Waals surface area contributed by atoms with Crippen LogP contribution in [0.25, 0.3) is 0 Å². The molecule has 27 heavy (non-hydrogen) atoms. The van der Waals surface area contributed by atoms with Crippen molar-refractivity contribution < 1.29 is 0 Å². The summed E-state index contributed by atoms with van der Waals surface area (Å²) in [7, 11) is 6.38. The van der Waals surface area contributed by atoms with Crippen LogP contribution in [0.5, 0.6) is 0 Å². The molecule has 0 bridgehead atoms. The Hall–Kier alpha value is -1.64. The molecule has 2 radical (unpaired) electrons. The van der Waals surface area contributed by atoms with Gasteiger partial charge in [0.2, 0.25) is 0 Å². The summed E-state index contributed by atoms with van der Waals surface area (Å²) < 4.78 is 0. The highest BCUT2D eigenvalue weighted by atomic mass is 14.7. The Morgan fingerprint density at radius 1 is 0.667 bits per heavy atom. The predicted octanol–water partition coefficient (Wildman–Crippen LogP) is 5.12. The van der Waals surface area contributed by atoms with Crippen molar-refractivity contribution in [2.24, 2.45) is 0 Å². The molecule has 2 nitrogen and oxygen atoms in total. The molecule has 0 saturated heterocycles. The molecule has 0 atom stereocenters. The molecule has 0 N–H and O–H groups in total. The van der Waals surface area contributed by atoms with Gasteiger partial charge in [0.1, 0.15) is 7.85 Å². The number of hydrogen-bond donors (Lipinski definition) is 0. The third kappa shape index (κ3) is 4.12. The second-order valence-electron chi connectivity index (χ2n) is 10.8. The standard InChI is InChI=1S/C24H35BN2/c1-21(2,3)19-12-11-16(14-26-19)23(7,8)24(9,10)17-13-18(25)20(27-15-17)22(4,5)6/h11-15H,1-10H3. The van der Waals surface area contributed by atoms with Gasteiger partial charge in [-0.05, 0) is 17.2 Å². The summed E-state index contributed by atoms with van der Waals surface area (Å²) in [5, 5.41) is 0.